The van der Waals surface area contributed by atoms with Crippen LogP contribution in [0.15, 0.2) is 11.6 Å². The molecule has 0 bridgehead atoms. The third-order valence-corrected chi connectivity index (χ3v) is 11.2. The lowest BCUT2D eigenvalue weighted by atomic mass is 9.46. The zero-order valence-corrected chi connectivity index (χ0v) is 20.5. The van der Waals surface area contributed by atoms with Crippen molar-refractivity contribution in [3.8, 4) is 0 Å². The standard InChI is InChI=1S/C28H48O2/c1-17(2)18(3)7-8-19(4)23-11-12-24-22-10-9-20-15-21(29)16-26(30)28(20,6)25(22)13-14-27(23,24)5/h9,17-19,21-26,29-30H,7-8,10-16H2,1-6H3/t18-,19+,21+,22-,23+,24-,25-,26-,27+,28-/m0/s1. The molecule has 0 radical (unpaired) electrons. The van der Waals surface area contributed by atoms with Crippen LogP contribution in [0.2, 0.25) is 0 Å². The lowest BCUT2D eigenvalue weighted by Gasteiger charge is -2.59. The predicted octanol–water partition coefficient (Wildman–Crippen LogP) is 6.61. The second-order valence-corrected chi connectivity index (χ2v) is 12.7. The van der Waals surface area contributed by atoms with E-state index in [1.165, 1.54) is 50.5 Å². The monoisotopic (exact) mass is 416 g/mol. The second-order valence-electron chi connectivity index (χ2n) is 12.7. The molecule has 0 aromatic carbocycles. The molecule has 0 aromatic rings. The van der Waals surface area contributed by atoms with Crippen LogP contribution in [0.4, 0.5) is 0 Å². The van der Waals surface area contributed by atoms with E-state index in [1.807, 2.05) is 0 Å². The highest BCUT2D eigenvalue weighted by Crippen LogP contribution is 2.67. The summed E-state index contributed by atoms with van der Waals surface area (Å²) in [6, 6.07) is 0. The Hall–Kier alpha value is -0.340. The first-order chi connectivity index (χ1) is 14.1. The Kier molecular flexibility index (Phi) is 6.26. The zero-order chi connectivity index (χ0) is 21.8. The van der Waals surface area contributed by atoms with E-state index >= 15 is 0 Å². The summed E-state index contributed by atoms with van der Waals surface area (Å²) in [5.41, 5.74) is 1.76. The van der Waals surface area contributed by atoms with Gasteiger partial charge in [-0.15, -0.1) is 0 Å². The van der Waals surface area contributed by atoms with E-state index < -0.39 is 0 Å². The molecule has 172 valence electrons. The number of aliphatic hydroxyl groups is 2. The molecule has 0 saturated heterocycles. The van der Waals surface area contributed by atoms with Crippen LogP contribution >= 0.6 is 0 Å². The molecule has 0 aromatic heterocycles. The minimum absolute atomic E-state index is 0.0973. The number of allylic oxidation sites excluding steroid dienone is 1. The van der Waals surface area contributed by atoms with Gasteiger partial charge in [-0.05, 0) is 85.4 Å². The maximum Gasteiger partial charge on any atom is 0.0658 e. The SMILES string of the molecule is CC(C)[C@@H](C)CC[C@@H](C)[C@H]1CC[C@H]2[C@@H]3CC=C4C[C@@H](O)C[C@H](O)[C@]4(C)[C@H]3CC[C@]12C. The van der Waals surface area contributed by atoms with Crippen molar-refractivity contribution >= 4 is 0 Å². The van der Waals surface area contributed by atoms with Gasteiger partial charge in [0.25, 0.3) is 0 Å². The molecular formula is C28H48O2. The van der Waals surface area contributed by atoms with Gasteiger partial charge in [-0.2, -0.15) is 0 Å². The summed E-state index contributed by atoms with van der Waals surface area (Å²) >= 11 is 0. The number of fused-ring (bicyclic) bond motifs is 5. The van der Waals surface area contributed by atoms with Gasteiger partial charge in [0.15, 0.2) is 0 Å². The fourth-order valence-corrected chi connectivity index (χ4v) is 8.74. The van der Waals surface area contributed by atoms with Gasteiger partial charge in [0.1, 0.15) is 0 Å². The highest BCUT2D eigenvalue weighted by molar-refractivity contribution is 5.27. The van der Waals surface area contributed by atoms with Crippen LogP contribution in [0.1, 0.15) is 99.3 Å². The molecule has 0 heterocycles. The van der Waals surface area contributed by atoms with E-state index in [1.54, 1.807) is 0 Å². The minimum atomic E-state index is -0.377. The number of hydrogen-bond acceptors (Lipinski definition) is 2. The maximum absolute atomic E-state index is 11.1. The summed E-state index contributed by atoms with van der Waals surface area (Å²) in [5, 5.41) is 21.3. The molecule has 2 N–H and O–H groups in total. The fourth-order valence-electron chi connectivity index (χ4n) is 8.74. The molecule has 0 spiro atoms. The Morgan fingerprint density at radius 3 is 2.43 bits per heavy atom. The van der Waals surface area contributed by atoms with Crippen LogP contribution in [0.25, 0.3) is 0 Å². The van der Waals surface area contributed by atoms with Crippen molar-refractivity contribution in [1.29, 1.82) is 0 Å². The molecule has 4 aliphatic carbocycles. The molecule has 10 atom stereocenters. The van der Waals surface area contributed by atoms with Crippen molar-refractivity contribution in [3.05, 3.63) is 11.6 Å². The predicted molar refractivity (Wildman–Crippen MR) is 125 cm³/mol. The fraction of sp³-hybridized carbons (Fsp3) is 0.929. The van der Waals surface area contributed by atoms with Crippen LogP contribution in [0.3, 0.4) is 0 Å². The smallest absolute Gasteiger partial charge is 0.0658 e. The van der Waals surface area contributed by atoms with Crippen LogP contribution in [0, 0.1) is 52.3 Å². The Morgan fingerprint density at radius 1 is 1.00 bits per heavy atom. The summed E-state index contributed by atoms with van der Waals surface area (Å²) in [5.74, 6) is 5.49. The maximum atomic E-state index is 11.1. The summed E-state index contributed by atoms with van der Waals surface area (Å²) in [4.78, 5) is 0. The lowest BCUT2D eigenvalue weighted by Crippen LogP contribution is -2.55. The van der Waals surface area contributed by atoms with Crippen LogP contribution in [-0.4, -0.2) is 22.4 Å². The van der Waals surface area contributed by atoms with Crippen molar-refractivity contribution in [2.45, 2.75) is 112 Å². The van der Waals surface area contributed by atoms with Gasteiger partial charge in [-0.25, -0.2) is 0 Å². The molecule has 3 fully saturated rings. The van der Waals surface area contributed by atoms with Gasteiger partial charge in [0, 0.05) is 11.8 Å². The lowest BCUT2D eigenvalue weighted by molar-refractivity contribution is -0.108. The van der Waals surface area contributed by atoms with Gasteiger partial charge in [0.2, 0.25) is 0 Å². The molecule has 4 rings (SSSR count). The van der Waals surface area contributed by atoms with E-state index in [0.29, 0.717) is 17.8 Å². The second kappa shape index (κ2) is 8.22. The van der Waals surface area contributed by atoms with Crippen molar-refractivity contribution in [1.82, 2.24) is 0 Å². The van der Waals surface area contributed by atoms with Gasteiger partial charge in [0.05, 0.1) is 12.2 Å². The molecule has 4 aliphatic rings. The summed E-state index contributed by atoms with van der Waals surface area (Å²) in [7, 11) is 0. The normalized spacial score (nSPS) is 47.8. The average molecular weight is 417 g/mol. The molecule has 30 heavy (non-hydrogen) atoms. The third-order valence-electron chi connectivity index (χ3n) is 11.2. The van der Waals surface area contributed by atoms with E-state index in [9.17, 15) is 10.2 Å². The molecule has 0 aliphatic heterocycles. The summed E-state index contributed by atoms with van der Waals surface area (Å²) in [6.07, 6.45) is 12.4. The van der Waals surface area contributed by atoms with Crippen LogP contribution in [-0.2, 0) is 0 Å². The van der Waals surface area contributed by atoms with Gasteiger partial charge in [-0.1, -0.05) is 66.0 Å². The summed E-state index contributed by atoms with van der Waals surface area (Å²) in [6.45, 7) is 14.7. The Balaban J connectivity index is 1.51. The first-order valence-electron chi connectivity index (χ1n) is 13.1. The third kappa shape index (κ3) is 3.53. The average Bonchev–Trinajstić information content (AvgIpc) is 3.04. The first-order valence-corrected chi connectivity index (χ1v) is 13.1. The van der Waals surface area contributed by atoms with Gasteiger partial charge >= 0.3 is 0 Å². The van der Waals surface area contributed by atoms with Gasteiger partial charge < -0.3 is 10.2 Å². The van der Waals surface area contributed by atoms with Crippen LogP contribution in [0.5, 0.6) is 0 Å². The Morgan fingerprint density at radius 2 is 1.73 bits per heavy atom. The van der Waals surface area contributed by atoms with Crippen molar-refractivity contribution in [2.24, 2.45) is 52.3 Å². The molecule has 0 amide bonds. The van der Waals surface area contributed by atoms with E-state index in [2.05, 4.69) is 47.6 Å². The van der Waals surface area contributed by atoms with E-state index in [0.717, 1.165) is 41.9 Å². The van der Waals surface area contributed by atoms with Gasteiger partial charge in [-0.3, -0.25) is 0 Å². The van der Waals surface area contributed by atoms with E-state index in [-0.39, 0.29) is 17.6 Å². The number of aliphatic hydroxyl groups excluding tert-OH is 2. The summed E-state index contributed by atoms with van der Waals surface area (Å²) < 4.78 is 0. The Bertz CT molecular complexity index is 653. The van der Waals surface area contributed by atoms with Crippen molar-refractivity contribution < 1.29 is 10.2 Å². The molecule has 2 heteroatoms. The quantitative estimate of drug-likeness (QED) is 0.495. The highest BCUT2D eigenvalue weighted by atomic mass is 16.3. The van der Waals surface area contributed by atoms with E-state index in [4.69, 9.17) is 0 Å². The minimum Gasteiger partial charge on any atom is -0.393 e. The van der Waals surface area contributed by atoms with Crippen LogP contribution < -0.4 is 0 Å². The molecule has 3 saturated carbocycles. The number of rotatable bonds is 5. The topological polar surface area (TPSA) is 40.5 Å². The zero-order valence-electron chi connectivity index (χ0n) is 20.5. The number of hydrogen-bond donors (Lipinski definition) is 2. The largest absolute Gasteiger partial charge is 0.393 e. The molecule has 0 unspecified atom stereocenters. The first kappa shape index (κ1) is 22.8. The van der Waals surface area contributed by atoms with Crippen molar-refractivity contribution in [3.63, 3.8) is 0 Å². The molecular weight excluding hydrogens is 368 g/mol. The Labute approximate surface area is 185 Å². The molecule has 2 nitrogen and oxygen atoms in total. The van der Waals surface area contributed by atoms with Crippen molar-refractivity contribution in [2.75, 3.05) is 0 Å². The highest BCUT2D eigenvalue weighted by Gasteiger charge is 2.60.